The molecule has 0 aromatic heterocycles. The van der Waals surface area contributed by atoms with Gasteiger partial charge < -0.3 is 9.22 Å². The van der Waals surface area contributed by atoms with Crippen LogP contribution < -0.4 is 0 Å². The molecule has 1 heterocycles. The fourth-order valence-electron chi connectivity index (χ4n) is 1.78. The predicted octanol–water partition coefficient (Wildman–Crippen LogP) is 2.04. The van der Waals surface area contributed by atoms with E-state index in [1.165, 1.54) is 38.8 Å². The molecule has 0 N–H and O–H groups in total. The Morgan fingerprint density at radius 2 is 1.92 bits per heavy atom. The van der Waals surface area contributed by atoms with Crippen molar-refractivity contribution in [3.8, 4) is 0 Å². The average Bonchev–Trinajstić information content (AvgIpc) is 2.81. The highest BCUT2D eigenvalue weighted by atomic mass is 16.6. The van der Waals surface area contributed by atoms with Crippen molar-refractivity contribution >= 4 is 0 Å². The fourth-order valence-corrected chi connectivity index (χ4v) is 1.78. The third-order valence-electron chi connectivity index (χ3n) is 2.72. The summed E-state index contributed by atoms with van der Waals surface area (Å²) in [5.74, 6) is 0. The van der Waals surface area contributed by atoms with Crippen molar-refractivity contribution < 1.29 is 9.22 Å². The van der Waals surface area contributed by atoms with Gasteiger partial charge in [-0.05, 0) is 12.8 Å². The number of hydrogen-bond acceptors (Lipinski definition) is 1. The second-order valence-electron chi connectivity index (χ2n) is 4.86. The van der Waals surface area contributed by atoms with Crippen molar-refractivity contribution in [3.05, 3.63) is 0 Å². The smallest absolute Gasteiger partial charge is 0.130 e. The molecule has 1 aliphatic rings. The molecule has 2 heteroatoms. The molecule has 0 saturated carbocycles. The number of hydrogen-bond donors (Lipinski definition) is 0. The maximum Gasteiger partial charge on any atom is 0.130 e. The van der Waals surface area contributed by atoms with Gasteiger partial charge in [0.25, 0.3) is 0 Å². The van der Waals surface area contributed by atoms with Gasteiger partial charge in [-0.15, -0.1) is 0 Å². The van der Waals surface area contributed by atoms with Crippen molar-refractivity contribution in [2.45, 2.75) is 38.7 Å². The summed E-state index contributed by atoms with van der Waals surface area (Å²) in [4.78, 5) is 0. The minimum absolute atomic E-state index is 0.571. The van der Waals surface area contributed by atoms with E-state index in [1.54, 1.807) is 0 Å². The zero-order valence-electron chi connectivity index (χ0n) is 9.38. The van der Waals surface area contributed by atoms with Crippen molar-refractivity contribution in [3.63, 3.8) is 0 Å². The molecular formula is C11H24NO+. The Balaban J connectivity index is 2.02. The summed E-state index contributed by atoms with van der Waals surface area (Å²) >= 11 is 0. The van der Waals surface area contributed by atoms with Gasteiger partial charge in [-0.2, -0.15) is 0 Å². The normalized spacial score (nSPS) is 21.9. The van der Waals surface area contributed by atoms with E-state index in [1.807, 2.05) is 0 Å². The van der Waals surface area contributed by atoms with Gasteiger partial charge in [0.15, 0.2) is 0 Å². The van der Waals surface area contributed by atoms with Gasteiger partial charge in [-0.25, -0.2) is 0 Å². The lowest BCUT2D eigenvalue weighted by Crippen LogP contribution is -2.43. The van der Waals surface area contributed by atoms with E-state index in [9.17, 15) is 0 Å². The third kappa shape index (κ3) is 5.27. The second-order valence-corrected chi connectivity index (χ2v) is 4.86. The Labute approximate surface area is 82.5 Å². The molecule has 2 nitrogen and oxygen atoms in total. The summed E-state index contributed by atoms with van der Waals surface area (Å²) < 4.78 is 6.39. The first-order chi connectivity index (χ1) is 6.14. The van der Waals surface area contributed by atoms with Crippen LogP contribution in [-0.2, 0) is 4.74 Å². The molecule has 0 radical (unpaired) electrons. The van der Waals surface area contributed by atoms with Crippen LogP contribution in [0.1, 0.15) is 32.6 Å². The van der Waals surface area contributed by atoms with E-state index in [0.717, 1.165) is 11.1 Å². The van der Waals surface area contributed by atoms with Gasteiger partial charge in [-0.3, -0.25) is 0 Å². The van der Waals surface area contributed by atoms with Crippen molar-refractivity contribution in [1.29, 1.82) is 0 Å². The quantitative estimate of drug-likeness (QED) is 0.337. The lowest BCUT2D eigenvalue weighted by molar-refractivity contribution is -0.891. The van der Waals surface area contributed by atoms with Gasteiger partial charge in [0.1, 0.15) is 12.6 Å². The summed E-state index contributed by atoms with van der Waals surface area (Å²) in [6.07, 6.45) is 6.05. The number of rotatable bonds is 7. The maximum absolute atomic E-state index is 5.26. The van der Waals surface area contributed by atoms with Crippen molar-refractivity contribution in [2.24, 2.45) is 0 Å². The van der Waals surface area contributed by atoms with Crippen LogP contribution in [0.15, 0.2) is 0 Å². The van der Waals surface area contributed by atoms with Gasteiger partial charge in [0, 0.05) is 0 Å². The maximum atomic E-state index is 5.26. The molecule has 1 rings (SSSR count). The molecule has 0 aliphatic carbocycles. The minimum Gasteiger partial charge on any atom is -0.367 e. The van der Waals surface area contributed by atoms with Crippen LogP contribution in [-0.4, -0.2) is 44.4 Å². The number of unbranched alkanes of at least 4 members (excludes halogenated alkanes) is 3. The molecule has 1 fully saturated rings. The molecule has 1 aliphatic heterocycles. The molecule has 0 bridgehead atoms. The molecule has 0 spiro atoms. The molecule has 13 heavy (non-hydrogen) atoms. The first-order valence-electron chi connectivity index (χ1n) is 5.57. The molecule has 1 saturated heterocycles. The highest BCUT2D eigenvalue weighted by Crippen LogP contribution is 2.15. The first kappa shape index (κ1) is 11.0. The van der Waals surface area contributed by atoms with E-state index >= 15 is 0 Å². The van der Waals surface area contributed by atoms with E-state index in [-0.39, 0.29) is 0 Å². The first-order valence-corrected chi connectivity index (χ1v) is 5.57. The Morgan fingerprint density at radius 1 is 1.23 bits per heavy atom. The number of quaternary nitrogens is 1. The fraction of sp³-hybridized carbons (Fsp3) is 1.00. The summed E-state index contributed by atoms with van der Waals surface area (Å²) in [5, 5.41) is 0. The SMILES string of the molecule is CCCCCC[N+](C)(C)CC1CO1. The summed E-state index contributed by atoms with van der Waals surface area (Å²) in [7, 11) is 4.63. The molecular weight excluding hydrogens is 162 g/mol. The van der Waals surface area contributed by atoms with E-state index in [4.69, 9.17) is 4.74 Å². The Bertz CT molecular complexity index is 141. The summed E-state index contributed by atoms with van der Waals surface area (Å²) in [5.41, 5.74) is 0. The number of epoxide rings is 1. The van der Waals surface area contributed by atoms with Gasteiger partial charge in [-0.1, -0.05) is 19.8 Å². The highest BCUT2D eigenvalue weighted by molar-refractivity contribution is 4.67. The summed E-state index contributed by atoms with van der Waals surface area (Å²) in [6.45, 7) is 5.76. The van der Waals surface area contributed by atoms with Crippen LogP contribution in [0, 0.1) is 0 Å². The standard InChI is InChI=1S/C11H24NO/c1-4-5-6-7-8-12(2,3)9-11-10-13-11/h11H,4-10H2,1-3H3/q+1. The van der Waals surface area contributed by atoms with Gasteiger partial charge in [0.05, 0.1) is 27.2 Å². The van der Waals surface area contributed by atoms with E-state index in [0.29, 0.717) is 6.10 Å². The van der Waals surface area contributed by atoms with E-state index in [2.05, 4.69) is 21.0 Å². The Hall–Kier alpha value is -0.0800. The van der Waals surface area contributed by atoms with Crippen LogP contribution in [0.25, 0.3) is 0 Å². The zero-order chi connectivity index (χ0) is 9.73. The molecule has 0 aromatic carbocycles. The van der Waals surface area contributed by atoms with Gasteiger partial charge >= 0.3 is 0 Å². The molecule has 0 amide bonds. The second kappa shape index (κ2) is 4.97. The molecule has 1 unspecified atom stereocenters. The lowest BCUT2D eigenvalue weighted by Gasteiger charge is -2.29. The number of likely N-dealkylation sites (N-methyl/N-ethyl adjacent to an activating group) is 1. The van der Waals surface area contributed by atoms with Crippen LogP contribution >= 0.6 is 0 Å². The molecule has 1 atom stereocenters. The van der Waals surface area contributed by atoms with Crippen molar-refractivity contribution in [1.82, 2.24) is 0 Å². The van der Waals surface area contributed by atoms with Crippen LogP contribution in [0.4, 0.5) is 0 Å². The largest absolute Gasteiger partial charge is 0.367 e. The third-order valence-corrected chi connectivity index (χ3v) is 2.72. The van der Waals surface area contributed by atoms with E-state index < -0.39 is 0 Å². The average molecular weight is 186 g/mol. The summed E-state index contributed by atoms with van der Waals surface area (Å²) in [6, 6.07) is 0. The molecule has 0 aromatic rings. The molecule has 78 valence electrons. The van der Waals surface area contributed by atoms with Crippen LogP contribution in [0.5, 0.6) is 0 Å². The minimum atomic E-state index is 0.571. The monoisotopic (exact) mass is 186 g/mol. The lowest BCUT2D eigenvalue weighted by atomic mass is 10.2. The Morgan fingerprint density at radius 3 is 2.46 bits per heavy atom. The van der Waals surface area contributed by atoms with Crippen LogP contribution in [0.2, 0.25) is 0 Å². The number of ether oxygens (including phenoxy) is 1. The van der Waals surface area contributed by atoms with Crippen molar-refractivity contribution in [2.75, 3.05) is 33.8 Å². The predicted molar refractivity (Wildman–Crippen MR) is 55.7 cm³/mol. The van der Waals surface area contributed by atoms with Gasteiger partial charge in [0.2, 0.25) is 0 Å². The highest BCUT2D eigenvalue weighted by Gasteiger charge is 2.30. The Kier molecular flexibility index (Phi) is 4.20. The zero-order valence-corrected chi connectivity index (χ0v) is 9.38. The number of nitrogens with zero attached hydrogens (tertiary/aromatic N) is 1. The van der Waals surface area contributed by atoms with Crippen LogP contribution in [0.3, 0.4) is 0 Å². The topological polar surface area (TPSA) is 12.5 Å².